The van der Waals surface area contributed by atoms with Crippen molar-refractivity contribution in [3.8, 4) is 5.82 Å². The SMILES string of the molecule is [2H]c1c([2H])c([2H])c2c(c1[2H])c1c([2H])c([2H])c([2H])c([2H])c1n2-c1nc([2H])c2c(c1[2H])c1c([2H])c([2H])c([2H])c([2H])c1n2S(=O)(=O)c1ccc(C)cc1. The molecule has 0 spiro atoms. The monoisotopic (exact) mass is 501 g/mol. The first-order chi connectivity index (χ1) is 23.4. The number of hydrogen-bond donors (Lipinski definition) is 0. The Morgan fingerprint density at radius 2 is 1.22 bits per heavy atom. The van der Waals surface area contributed by atoms with Gasteiger partial charge in [-0.3, -0.25) is 4.57 Å². The second-order valence-electron chi connectivity index (χ2n) is 7.98. The topological polar surface area (TPSA) is 56.9 Å². The molecule has 0 aliphatic rings. The van der Waals surface area contributed by atoms with Gasteiger partial charge >= 0.3 is 0 Å². The first-order valence-electron chi connectivity index (χ1n) is 17.6. The fourth-order valence-corrected chi connectivity index (χ4v) is 5.67. The van der Waals surface area contributed by atoms with E-state index < -0.39 is 133 Å². The number of hydrogen-bond acceptors (Lipinski definition) is 3. The third kappa shape index (κ3) is 2.88. The zero-order chi connectivity index (χ0) is 36.6. The van der Waals surface area contributed by atoms with Crippen molar-refractivity contribution in [3.05, 3.63) is 115 Å². The third-order valence-corrected chi connectivity index (χ3v) is 7.58. The maximum Gasteiger partial charge on any atom is 0.268 e. The van der Waals surface area contributed by atoms with Gasteiger partial charge in [0, 0.05) is 21.5 Å². The second-order valence-corrected chi connectivity index (χ2v) is 9.77. The number of aryl methyl sites for hydroxylation is 1. The molecular formula is C30H21N3O2S. The first-order valence-corrected chi connectivity index (χ1v) is 12.0. The molecule has 174 valence electrons. The van der Waals surface area contributed by atoms with E-state index in [0.29, 0.717) is 3.97 Å². The summed E-state index contributed by atoms with van der Waals surface area (Å²) in [6.07, 6.45) is -0.855. The Morgan fingerprint density at radius 1 is 0.694 bits per heavy atom. The van der Waals surface area contributed by atoms with Gasteiger partial charge in [-0.15, -0.1) is 0 Å². The standard InChI is InChI=1S/C30H21N3O2S/c1-20-14-16-21(17-15-20)36(34,35)33-28-13-7-4-10-24(28)25-18-30(31-19-29(25)33)32-26-11-5-2-8-22(26)23-9-3-6-12-27(23)32/h2-19H,1H3/i2D,3D,4D,5D,6D,7D,8D,9D,10D,11D,12D,13D,18D,19D. The predicted molar refractivity (Wildman–Crippen MR) is 145 cm³/mol. The Labute approximate surface area is 227 Å². The van der Waals surface area contributed by atoms with E-state index in [1.54, 1.807) is 6.92 Å². The molecule has 7 aromatic rings. The maximum absolute atomic E-state index is 14.3. The molecule has 0 unspecified atom stereocenters. The highest BCUT2D eigenvalue weighted by Gasteiger charge is 2.24. The minimum atomic E-state index is -4.74. The highest BCUT2D eigenvalue weighted by molar-refractivity contribution is 7.90. The van der Waals surface area contributed by atoms with Gasteiger partial charge in [0.1, 0.15) is 5.82 Å². The average molecular weight is 502 g/mol. The molecule has 0 bridgehead atoms. The van der Waals surface area contributed by atoms with Crippen molar-refractivity contribution in [2.24, 2.45) is 0 Å². The molecule has 6 heteroatoms. The molecule has 5 nitrogen and oxygen atoms in total. The molecule has 7 rings (SSSR count). The smallest absolute Gasteiger partial charge is 0.268 e. The summed E-state index contributed by atoms with van der Waals surface area (Å²) < 4.78 is 151. The molecule has 0 saturated heterocycles. The van der Waals surface area contributed by atoms with E-state index in [-0.39, 0.29) is 15.7 Å². The largest absolute Gasteiger partial charge is 0.294 e. The third-order valence-electron chi connectivity index (χ3n) is 5.87. The summed E-state index contributed by atoms with van der Waals surface area (Å²) in [6.45, 7) is 1.72. The lowest BCUT2D eigenvalue weighted by molar-refractivity contribution is 0.590. The van der Waals surface area contributed by atoms with Crippen molar-refractivity contribution in [3.63, 3.8) is 0 Å². The summed E-state index contributed by atoms with van der Waals surface area (Å²) in [7, 11) is -4.74. The maximum atomic E-state index is 14.3. The molecule has 3 heterocycles. The van der Waals surface area contributed by atoms with Crippen molar-refractivity contribution >= 4 is 53.6 Å². The highest BCUT2D eigenvalue weighted by Crippen LogP contribution is 2.36. The molecule has 0 N–H and O–H groups in total. The van der Waals surface area contributed by atoms with E-state index in [4.69, 9.17) is 17.8 Å². The average Bonchev–Trinajstić information content (AvgIpc) is 3.64. The number of benzene rings is 4. The Bertz CT molecular complexity index is 2750. The fraction of sp³-hybridized carbons (Fsp3) is 0.0333. The van der Waals surface area contributed by atoms with Gasteiger partial charge in [0.15, 0.2) is 0 Å². The van der Waals surface area contributed by atoms with E-state index in [9.17, 15) is 9.79 Å². The summed E-state index contributed by atoms with van der Waals surface area (Å²) in [6, 6.07) is -3.83. The number of aromatic nitrogens is 3. The molecule has 0 aliphatic carbocycles. The number of para-hydroxylation sites is 3. The molecule has 0 radical (unpaired) electrons. The van der Waals surface area contributed by atoms with Gasteiger partial charge in [0.2, 0.25) is 0 Å². The molecule has 0 amide bonds. The summed E-state index contributed by atoms with van der Waals surface area (Å²) in [5, 5.41) is -1.56. The molecule has 4 aromatic carbocycles. The molecule has 0 aliphatic heterocycles. The Kier molecular flexibility index (Phi) is 2.32. The van der Waals surface area contributed by atoms with Crippen LogP contribution in [0.3, 0.4) is 0 Å². The summed E-state index contributed by atoms with van der Waals surface area (Å²) >= 11 is 0. The highest BCUT2D eigenvalue weighted by atomic mass is 32.2. The van der Waals surface area contributed by atoms with E-state index in [0.717, 1.165) is 10.1 Å². The van der Waals surface area contributed by atoms with Crippen molar-refractivity contribution < 1.29 is 27.6 Å². The van der Waals surface area contributed by atoms with Crippen molar-refractivity contribution in [2.75, 3.05) is 0 Å². The van der Waals surface area contributed by atoms with E-state index >= 15 is 0 Å². The van der Waals surface area contributed by atoms with Crippen LogP contribution in [0.5, 0.6) is 0 Å². The van der Waals surface area contributed by atoms with Gasteiger partial charge in [-0.05, 0) is 43.2 Å². The molecule has 0 fully saturated rings. The van der Waals surface area contributed by atoms with Crippen LogP contribution in [0.25, 0.3) is 49.4 Å². The van der Waals surface area contributed by atoms with Gasteiger partial charge in [-0.2, -0.15) is 0 Å². The lowest BCUT2D eigenvalue weighted by Gasteiger charge is -2.10. The minimum Gasteiger partial charge on any atom is -0.294 e. The van der Waals surface area contributed by atoms with Crippen LogP contribution in [0.1, 0.15) is 24.8 Å². The zero-order valence-corrected chi connectivity index (χ0v) is 19.2. The second kappa shape index (κ2) is 7.54. The van der Waals surface area contributed by atoms with Crippen LogP contribution in [0.15, 0.2) is 114 Å². The van der Waals surface area contributed by atoms with E-state index in [1.807, 2.05) is 0 Å². The fourth-order valence-electron chi connectivity index (χ4n) is 4.23. The van der Waals surface area contributed by atoms with E-state index in [2.05, 4.69) is 4.98 Å². The quantitative estimate of drug-likeness (QED) is 0.267. The lowest BCUT2D eigenvalue weighted by Crippen LogP contribution is -2.13. The number of fused-ring (bicyclic) bond motifs is 6. The van der Waals surface area contributed by atoms with Crippen LogP contribution in [0, 0.1) is 6.92 Å². The molecule has 0 atom stereocenters. The Balaban J connectivity index is 1.78. The molecule has 0 saturated carbocycles. The van der Waals surface area contributed by atoms with Gasteiger partial charge < -0.3 is 0 Å². The van der Waals surface area contributed by atoms with Crippen molar-refractivity contribution in [2.45, 2.75) is 11.8 Å². The van der Waals surface area contributed by atoms with E-state index in [1.165, 1.54) is 24.3 Å². The Hall–Kier alpha value is -4.42. The zero-order valence-electron chi connectivity index (χ0n) is 32.4. The summed E-state index contributed by atoms with van der Waals surface area (Å²) in [5.74, 6) is -0.614. The first kappa shape index (κ1) is 11.1. The van der Waals surface area contributed by atoms with Gasteiger partial charge in [0.25, 0.3) is 10.0 Å². The number of rotatable bonds is 3. The lowest BCUT2D eigenvalue weighted by atomic mass is 10.2. The Morgan fingerprint density at radius 3 is 1.83 bits per heavy atom. The van der Waals surface area contributed by atoms with Crippen molar-refractivity contribution in [1.82, 2.24) is 13.5 Å². The number of pyridine rings is 1. The van der Waals surface area contributed by atoms with Crippen LogP contribution in [-0.2, 0) is 10.0 Å². The predicted octanol–water partition coefficient (Wildman–Crippen LogP) is 6.83. The van der Waals surface area contributed by atoms with Crippen LogP contribution in [0.2, 0.25) is 0 Å². The number of nitrogens with zero attached hydrogens (tertiary/aromatic N) is 3. The van der Waals surface area contributed by atoms with Gasteiger partial charge in [-0.1, -0.05) is 72.1 Å². The van der Waals surface area contributed by atoms with Crippen LogP contribution >= 0.6 is 0 Å². The summed E-state index contributed by atoms with van der Waals surface area (Å²) in [5.41, 5.74) is -1.24. The molecule has 36 heavy (non-hydrogen) atoms. The molecular weight excluding hydrogens is 466 g/mol. The van der Waals surface area contributed by atoms with Crippen LogP contribution in [-0.4, -0.2) is 21.9 Å². The van der Waals surface area contributed by atoms with Gasteiger partial charge in [0.05, 0.1) is 52.3 Å². The summed E-state index contributed by atoms with van der Waals surface area (Å²) in [4.78, 5) is 3.91. The van der Waals surface area contributed by atoms with Crippen molar-refractivity contribution in [1.29, 1.82) is 0 Å². The molecule has 3 aromatic heterocycles. The minimum absolute atomic E-state index is 0.293. The van der Waals surface area contributed by atoms with Crippen LogP contribution < -0.4 is 0 Å². The van der Waals surface area contributed by atoms with Gasteiger partial charge in [-0.25, -0.2) is 17.4 Å². The van der Waals surface area contributed by atoms with Crippen LogP contribution in [0.4, 0.5) is 0 Å². The normalized spacial score (nSPS) is 17.7.